The average Bonchev–Trinajstić information content (AvgIpc) is 2.55. The van der Waals surface area contributed by atoms with Gasteiger partial charge >= 0.3 is 0 Å². The van der Waals surface area contributed by atoms with Gasteiger partial charge in [0.1, 0.15) is 5.69 Å². The van der Waals surface area contributed by atoms with Gasteiger partial charge in [-0.05, 0) is 12.0 Å². The van der Waals surface area contributed by atoms with Crippen LogP contribution in [-0.4, -0.2) is 47.6 Å². The fourth-order valence-electron chi connectivity index (χ4n) is 2.14. The summed E-state index contributed by atoms with van der Waals surface area (Å²) in [7, 11) is 3.41. The molecule has 0 saturated carbocycles. The van der Waals surface area contributed by atoms with Gasteiger partial charge in [0.2, 0.25) is 0 Å². The van der Waals surface area contributed by atoms with E-state index in [2.05, 4.69) is 9.97 Å². The molecule has 1 amide bonds. The Morgan fingerprint density at radius 2 is 2.05 bits per heavy atom. The number of ether oxygens (including phenoxy) is 1. The molecule has 0 saturated heterocycles. The summed E-state index contributed by atoms with van der Waals surface area (Å²) in [6.07, 6.45) is 5.28. The van der Waals surface area contributed by atoms with E-state index < -0.39 is 0 Å². The largest absolute Gasteiger partial charge is 0.383 e. The van der Waals surface area contributed by atoms with E-state index >= 15 is 0 Å². The van der Waals surface area contributed by atoms with Gasteiger partial charge in [-0.1, -0.05) is 30.3 Å². The molecule has 5 heteroatoms. The molecule has 0 aliphatic heterocycles. The number of aromatic nitrogens is 2. The number of rotatable bonds is 6. The molecular weight excluding hydrogens is 266 g/mol. The zero-order valence-corrected chi connectivity index (χ0v) is 12.3. The minimum Gasteiger partial charge on any atom is -0.383 e. The molecule has 0 aliphatic carbocycles. The topological polar surface area (TPSA) is 55.3 Å². The lowest BCUT2D eigenvalue weighted by molar-refractivity contribution is 0.0599. The lowest BCUT2D eigenvalue weighted by Gasteiger charge is -2.27. The van der Waals surface area contributed by atoms with E-state index in [4.69, 9.17) is 4.74 Å². The summed E-state index contributed by atoms with van der Waals surface area (Å²) in [5, 5.41) is 0. The van der Waals surface area contributed by atoms with Gasteiger partial charge in [0.05, 0.1) is 18.8 Å². The molecule has 1 aromatic heterocycles. The highest BCUT2D eigenvalue weighted by Crippen LogP contribution is 2.11. The summed E-state index contributed by atoms with van der Waals surface area (Å²) in [6, 6.07) is 10.00. The monoisotopic (exact) mass is 285 g/mol. The first-order valence-electron chi connectivity index (χ1n) is 6.78. The molecule has 0 N–H and O–H groups in total. The number of carbonyl (C=O) groups is 1. The van der Waals surface area contributed by atoms with Crippen molar-refractivity contribution in [2.75, 3.05) is 20.8 Å². The Bertz CT molecular complexity index is 560. The van der Waals surface area contributed by atoms with Crippen LogP contribution in [0.3, 0.4) is 0 Å². The summed E-state index contributed by atoms with van der Waals surface area (Å²) < 4.78 is 5.25. The molecule has 110 valence electrons. The fourth-order valence-corrected chi connectivity index (χ4v) is 2.14. The molecule has 2 aromatic rings. The molecule has 0 radical (unpaired) electrons. The van der Waals surface area contributed by atoms with Crippen LogP contribution in [0.2, 0.25) is 0 Å². The first-order valence-corrected chi connectivity index (χ1v) is 6.78. The number of hydrogen-bond donors (Lipinski definition) is 0. The Balaban J connectivity index is 2.12. The Kier molecular flexibility index (Phi) is 5.40. The van der Waals surface area contributed by atoms with Crippen molar-refractivity contribution in [2.24, 2.45) is 0 Å². The van der Waals surface area contributed by atoms with Crippen LogP contribution >= 0.6 is 0 Å². The van der Waals surface area contributed by atoms with Crippen LogP contribution in [0.25, 0.3) is 0 Å². The standard InChI is InChI=1S/C16H19N3O2/c1-19(16(20)15-11-17-8-9-18-15)14(12-21-2)10-13-6-4-3-5-7-13/h3-9,11,14H,10,12H2,1-2H3/t14-/m1/s1. The third-order valence-electron chi connectivity index (χ3n) is 3.32. The summed E-state index contributed by atoms with van der Waals surface area (Å²) in [5.41, 5.74) is 1.51. The van der Waals surface area contributed by atoms with Gasteiger partial charge in [0.15, 0.2) is 0 Å². The van der Waals surface area contributed by atoms with Gasteiger partial charge in [-0.3, -0.25) is 9.78 Å². The number of hydrogen-bond acceptors (Lipinski definition) is 4. The molecule has 0 aliphatic rings. The second kappa shape index (κ2) is 7.50. The number of likely N-dealkylation sites (N-methyl/N-ethyl adjacent to an activating group) is 1. The number of methoxy groups -OCH3 is 1. The number of amides is 1. The summed E-state index contributed by atoms with van der Waals surface area (Å²) >= 11 is 0. The second-order valence-corrected chi connectivity index (χ2v) is 4.81. The first kappa shape index (κ1) is 15.1. The summed E-state index contributed by atoms with van der Waals surface area (Å²) in [4.78, 5) is 22.1. The number of benzene rings is 1. The van der Waals surface area contributed by atoms with E-state index in [9.17, 15) is 4.79 Å². The van der Waals surface area contributed by atoms with Gasteiger partial charge < -0.3 is 9.64 Å². The minimum absolute atomic E-state index is 0.0492. The van der Waals surface area contributed by atoms with Crippen LogP contribution in [0.1, 0.15) is 16.1 Å². The van der Waals surface area contributed by atoms with Crippen molar-refractivity contribution in [1.29, 1.82) is 0 Å². The van der Waals surface area contributed by atoms with Crippen molar-refractivity contribution < 1.29 is 9.53 Å². The Morgan fingerprint density at radius 3 is 2.67 bits per heavy atom. The number of nitrogens with zero attached hydrogens (tertiary/aromatic N) is 3. The van der Waals surface area contributed by atoms with Crippen molar-refractivity contribution in [3.05, 3.63) is 60.2 Å². The molecular formula is C16H19N3O2. The number of carbonyl (C=O) groups excluding carboxylic acids is 1. The Morgan fingerprint density at radius 1 is 1.29 bits per heavy atom. The average molecular weight is 285 g/mol. The third kappa shape index (κ3) is 4.10. The lowest BCUT2D eigenvalue weighted by atomic mass is 10.1. The molecule has 0 unspecified atom stereocenters. The van der Waals surface area contributed by atoms with Gasteiger partial charge in [0, 0.05) is 26.6 Å². The minimum atomic E-state index is -0.152. The molecule has 5 nitrogen and oxygen atoms in total. The molecule has 2 rings (SSSR count). The SMILES string of the molecule is COC[C@@H](Cc1ccccc1)N(C)C(=O)c1cnccn1. The van der Waals surface area contributed by atoms with Crippen LogP contribution < -0.4 is 0 Å². The van der Waals surface area contributed by atoms with Crippen molar-refractivity contribution in [1.82, 2.24) is 14.9 Å². The van der Waals surface area contributed by atoms with E-state index in [0.717, 1.165) is 6.42 Å². The normalized spacial score (nSPS) is 11.9. The summed E-state index contributed by atoms with van der Waals surface area (Å²) in [6.45, 7) is 0.470. The van der Waals surface area contributed by atoms with Crippen molar-refractivity contribution in [3.8, 4) is 0 Å². The highest BCUT2D eigenvalue weighted by Gasteiger charge is 2.22. The van der Waals surface area contributed by atoms with Gasteiger partial charge in [0.25, 0.3) is 5.91 Å². The molecule has 0 fully saturated rings. The van der Waals surface area contributed by atoms with E-state index in [1.807, 2.05) is 30.3 Å². The third-order valence-corrected chi connectivity index (χ3v) is 3.32. The molecule has 21 heavy (non-hydrogen) atoms. The van der Waals surface area contributed by atoms with E-state index in [0.29, 0.717) is 12.3 Å². The smallest absolute Gasteiger partial charge is 0.274 e. The quantitative estimate of drug-likeness (QED) is 0.812. The van der Waals surface area contributed by atoms with Crippen molar-refractivity contribution in [2.45, 2.75) is 12.5 Å². The van der Waals surface area contributed by atoms with E-state index in [1.165, 1.54) is 18.0 Å². The van der Waals surface area contributed by atoms with Crippen LogP contribution in [-0.2, 0) is 11.2 Å². The second-order valence-electron chi connectivity index (χ2n) is 4.81. The van der Waals surface area contributed by atoms with E-state index in [-0.39, 0.29) is 11.9 Å². The highest BCUT2D eigenvalue weighted by molar-refractivity contribution is 5.92. The van der Waals surface area contributed by atoms with Crippen molar-refractivity contribution in [3.63, 3.8) is 0 Å². The Hall–Kier alpha value is -2.27. The van der Waals surface area contributed by atoms with Crippen molar-refractivity contribution >= 4 is 5.91 Å². The van der Waals surface area contributed by atoms with Crippen LogP contribution in [0.15, 0.2) is 48.9 Å². The highest BCUT2D eigenvalue weighted by atomic mass is 16.5. The molecule has 1 atom stereocenters. The van der Waals surface area contributed by atoms with Crippen LogP contribution in [0.5, 0.6) is 0 Å². The zero-order valence-electron chi connectivity index (χ0n) is 12.3. The Labute approximate surface area is 124 Å². The maximum Gasteiger partial charge on any atom is 0.274 e. The maximum absolute atomic E-state index is 12.4. The maximum atomic E-state index is 12.4. The van der Waals surface area contributed by atoms with Gasteiger partial charge in [-0.2, -0.15) is 0 Å². The van der Waals surface area contributed by atoms with E-state index in [1.54, 1.807) is 25.3 Å². The van der Waals surface area contributed by atoms with Crippen LogP contribution in [0.4, 0.5) is 0 Å². The van der Waals surface area contributed by atoms with Gasteiger partial charge in [-0.25, -0.2) is 4.98 Å². The molecule has 1 heterocycles. The fraction of sp³-hybridized carbons (Fsp3) is 0.312. The van der Waals surface area contributed by atoms with Gasteiger partial charge in [-0.15, -0.1) is 0 Å². The lowest BCUT2D eigenvalue weighted by Crippen LogP contribution is -2.41. The van der Waals surface area contributed by atoms with Crippen LogP contribution in [0, 0.1) is 0 Å². The zero-order chi connectivity index (χ0) is 15.1. The summed E-state index contributed by atoms with van der Waals surface area (Å²) in [5.74, 6) is -0.152. The predicted octanol–water partition coefficient (Wildman–Crippen LogP) is 1.81. The first-order chi connectivity index (χ1) is 10.2. The predicted molar refractivity (Wildman–Crippen MR) is 79.9 cm³/mol. The molecule has 1 aromatic carbocycles. The molecule has 0 spiro atoms. The molecule has 0 bridgehead atoms.